The molecule has 1 aromatic rings. The highest BCUT2D eigenvalue weighted by Gasteiger charge is 2.27. The smallest absolute Gasteiger partial charge is 0.238 e. The van der Waals surface area contributed by atoms with Gasteiger partial charge in [0.1, 0.15) is 5.75 Å². The standard InChI is InChI=1S/C15H23N3O2/c1-10-4-5-14(20-3)13(6-10)17-15(19)9-18-7-11(2)12(16)8-18/h4-6,11-12H,7-9,16H2,1-3H3,(H,17,19). The van der Waals surface area contributed by atoms with Crippen LogP contribution >= 0.6 is 0 Å². The number of nitrogens with one attached hydrogen (secondary N) is 1. The van der Waals surface area contributed by atoms with Gasteiger partial charge in [0.15, 0.2) is 0 Å². The van der Waals surface area contributed by atoms with Gasteiger partial charge in [0.05, 0.1) is 19.3 Å². The summed E-state index contributed by atoms with van der Waals surface area (Å²) in [7, 11) is 1.60. The Morgan fingerprint density at radius 1 is 1.50 bits per heavy atom. The van der Waals surface area contributed by atoms with E-state index in [0.29, 0.717) is 23.9 Å². The quantitative estimate of drug-likeness (QED) is 0.868. The van der Waals surface area contributed by atoms with Crippen LogP contribution in [0, 0.1) is 12.8 Å². The van der Waals surface area contributed by atoms with E-state index in [4.69, 9.17) is 10.5 Å². The molecule has 1 aliphatic heterocycles. The number of likely N-dealkylation sites (tertiary alicyclic amines) is 1. The van der Waals surface area contributed by atoms with Gasteiger partial charge >= 0.3 is 0 Å². The van der Waals surface area contributed by atoms with E-state index in [-0.39, 0.29) is 11.9 Å². The molecule has 5 nitrogen and oxygen atoms in total. The molecule has 3 N–H and O–H groups in total. The van der Waals surface area contributed by atoms with E-state index in [9.17, 15) is 4.79 Å². The molecule has 0 radical (unpaired) electrons. The van der Waals surface area contributed by atoms with Crippen LogP contribution in [0.3, 0.4) is 0 Å². The van der Waals surface area contributed by atoms with Crippen LogP contribution in [0.15, 0.2) is 18.2 Å². The minimum absolute atomic E-state index is 0.0322. The number of rotatable bonds is 4. The van der Waals surface area contributed by atoms with E-state index >= 15 is 0 Å². The van der Waals surface area contributed by atoms with Crippen LogP contribution < -0.4 is 15.8 Å². The zero-order chi connectivity index (χ0) is 14.7. The highest BCUT2D eigenvalue weighted by Crippen LogP contribution is 2.25. The van der Waals surface area contributed by atoms with Crippen LogP contribution in [-0.4, -0.2) is 43.6 Å². The largest absolute Gasteiger partial charge is 0.495 e. The number of anilines is 1. The second-order valence-electron chi connectivity index (χ2n) is 5.59. The lowest BCUT2D eigenvalue weighted by atomic mass is 10.1. The Hall–Kier alpha value is -1.59. The highest BCUT2D eigenvalue weighted by molar-refractivity contribution is 5.93. The van der Waals surface area contributed by atoms with Gasteiger partial charge < -0.3 is 15.8 Å². The molecule has 2 unspecified atom stereocenters. The number of carbonyl (C=O) groups excluding carboxylic acids is 1. The molecule has 0 spiro atoms. The highest BCUT2D eigenvalue weighted by atomic mass is 16.5. The molecule has 0 aromatic heterocycles. The van der Waals surface area contributed by atoms with Gasteiger partial charge in [0.2, 0.25) is 5.91 Å². The fraction of sp³-hybridized carbons (Fsp3) is 0.533. The van der Waals surface area contributed by atoms with Gasteiger partial charge in [-0.25, -0.2) is 0 Å². The third-order valence-electron chi connectivity index (χ3n) is 3.74. The molecule has 0 aliphatic carbocycles. The maximum Gasteiger partial charge on any atom is 0.238 e. The number of nitrogens with zero attached hydrogens (tertiary/aromatic N) is 1. The number of methoxy groups -OCH3 is 1. The van der Waals surface area contributed by atoms with Crippen LogP contribution in [0.1, 0.15) is 12.5 Å². The first-order valence-corrected chi connectivity index (χ1v) is 6.92. The molecule has 2 atom stereocenters. The van der Waals surface area contributed by atoms with Gasteiger partial charge in [-0.15, -0.1) is 0 Å². The van der Waals surface area contributed by atoms with Crippen molar-refractivity contribution in [1.29, 1.82) is 0 Å². The molecule has 1 aliphatic rings. The fourth-order valence-electron chi connectivity index (χ4n) is 2.54. The summed E-state index contributed by atoms with van der Waals surface area (Å²) in [5.41, 5.74) is 7.77. The maximum atomic E-state index is 12.1. The molecule has 20 heavy (non-hydrogen) atoms. The number of hydrogen-bond acceptors (Lipinski definition) is 4. The molecular formula is C15H23N3O2. The van der Waals surface area contributed by atoms with Crippen molar-refractivity contribution in [3.8, 4) is 5.75 Å². The average molecular weight is 277 g/mol. The Labute approximate surface area is 120 Å². The zero-order valence-electron chi connectivity index (χ0n) is 12.3. The Balaban J connectivity index is 1.96. The summed E-state index contributed by atoms with van der Waals surface area (Å²) in [5.74, 6) is 1.09. The van der Waals surface area contributed by atoms with Crippen molar-refractivity contribution < 1.29 is 9.53 Å². The second-order valence-corrected chi connectivity index (χ2v) is 5.59. The Kier molecular flexibility index (Phi) is 4.62. The molecule has 110 valence electrons. The summed E-state index contributed by atoms with van der Waals surface area (Å²) in [5, 5.41) is 2.91. The summed E-state index contributed by atoms with van der Waals surface area (Å²) in [6.45, 7) is 6.12. The summed E-state index contributed by atoms with van der Waals surface area (Å²) < 4.78 is 5.26. The Morgan fingerprint density at radius 2 is 2.25 bits per heavy atom. The third-order valence-corrected chi connectivity index (χ3v) is 3.74. The number of amides is 1. The van der Waals surface area contributed by atoms with Crippen LogP contribution in [0.2, 0.25) is 0 Å². The van der Waals surface area contributed by atoms with E-state index in [2.05, 4.69) is 17.1 Å². The summed E-state index contributed by atoms with van der Waals surface area (Å²) >= 11 is 0. The van der Waals surface area contributed by atoms with Gasteiger partial charge in [0, 0.05) is 19.1 Å². The SMILES string of the molecule is COc1ccc(C)cc1NC(=O)CN1CC(C)C(N)C1. The lowest BCUT2D eigenvalue weighted by molar-refractivity contribution is -0.117. The van der Waals surface area contributed by atoms with Crippen molar-refractivity contribution in [2.45, 2.75) is 19.9 Å². The van der Waals surface area contributed by atoms with Gasteiger partial charge in [-0.05, 0) is 30.5 Å². The molecule has 0 saturated carbocycles. The van der Waals surface area contributed by atoms with E-state index in [1.165, 1.54) is 0 Å². The van der Waals surface area contributed by atoms with Crippen molar-refractivity contribution in [3.63, 3.8) is 0 Å². The molecule has 5 heteroatoms. The van der Waals surface area contributed by atoms with Crippen LogP contribution in [0.25, 0.3) is 0 Å². The normalized spacial score (nSPS) is 22.8. The predicted molar refractivity (Wildman–Crippen MR) is 79.9 cm³/mol. The van der Waals surface area contributed by atoms with Crippen LogP contribution in [0.5, 0.6) is 5.75 Å². The molecule has 1 amide bonds. The average Bonchev–Trinajstić information content (AvgIpc) is 2.68. The number of hydrogen-bond donors (Lipinski definition) is 2. The van der Waals surface area contributed by atoms with E-state index in [0.717, 1.165) is 18.7 Å². The van der Waals surface area contributed by atoms with Gasteiger partial charge in [-0.2, -0.15) is 0 Å². The molecule has 2 rings (SSSR count). The van der Waals surface area contributed by atoms with Gasteiger partial charge in [0.25, 0.3) is 0 Å². The molecule has 1 fully saturated rings. The van der Waals surface area contributed by atoms with E-state index < -0.39 is 0 Å². The fourth-order valence-corrected chi connectivity index (χ4v) is 2.54. The number of ether oxygens (including phenoxy) is 1. The number of benzene rings is 1. The lowest BCUT2D eigenvalue weighted by Gasteiger charge is -2.16. The predicted octanol–water partition coefficient (Wildman–Crippen LogP) is 1.22. The molecule has 1 saturated heterocycles. The van der Waals surface area contributed by atoms with E-state index in [1.54, 1.807) is 7.11 Å². The minimum Gasteiger partial charge on any atom is -0.495 e. The van der Waals surface area contributed by atoms with Gasteiger partial charge in [-0.1, -0.05) is 13.0 Å². The number of nitrogens with two attached hydrogens (primary N) is 1. The summed E-state index contributed by atoms with van der Waals surface area (Å²) in [6.07, 6.45) is 0. The first-order chi connectivity index (χ1) is 9.49. The molecule has 1 heterocycles. The number of aryl methyl sites for hydroxylation is 1. The van der Waals surface area contributed by atoms with Crippen LogP contribution in [-0.2, 0) is 4.79 Å². The van der Waals surface area contributed by atoms with Crippen LogP contribution in [0.4, 0.5) is 5.69 Å². The second kappa shape index (κ2) is 6.24. The lowest BCUT2D eigenvalue weighted by Crippen LogP contribution is -2.33. The monoisotopic (exact) mass is 277 g/mol. The third kappa shape index (κ3) is 3.49. The van der Waals surface area contributed by atoms with Crippen molar-refractivity contribution >= 4 is 11.6 Å². The van der Waals surface area contributed by atoms with Crippen molar-refractivity contribution in [2.75, 3.05) is 32.1 Å². The molecule has 0 bridgehead atoms. The number of carbonyl (C=O) groups is 1. The first kappa shape index (κ1) is 14.8. The zero-order valence-corrected chi connectivity index (χ0v) is 12.3. The van der Waals surface area contributed by atoms with Crippen molar-refractivity contribution in [3.05, 3.63) is 23.8 Å². The first-order valence-electron chi connectivity index (χ1n) is 6.92. The van der Waals surface area contributed by atoms with Crippen molar-refractivity contribution in [2.24, 2.45) is 11.7 Å². The molecular weight excluding hydrogens is 254 g/mol. The van der Waals surface area contributed by atoms with Gasteiger partial charge in [-0.3, -0.25) is 9.69 Å². The van der Waals surface area contributed by atoms with Crippen molar-refractivity contribution in [1.82, 2.24) is 4.90 Å². The maximum absolute atomic E-state index is 12.1. The van der Waals surface area contributed by atoms with E-state index in [1.807, 2.05) is 25.1 Å². The Morgan fingerprint density at radius 3 is 2.85 bits per heavy atom. The topological polar surface area (TPSA) is 67.6 Å². The Bertz CT molecular complexity index is 480. The minimum atomic E-state index is -0.0322. The summed E-state index contributed by atoms with van der Waals surface area (Å²) in [4.78, 5) is 14.2. The summed E-state index contributed by atoms with van der Waals surface area (Å²) in [6, 6.07) is 5.89. The molecule has 1 aromatic carbocycles.